The first-order valence-electron chi connectivity index (χ1n) is 6.70. The van der Waals surface area contributed by atoms with E-state index in [0.29, 0.717) is 0 Å². The molecule has 3 rings (SSSR count). The van der Waals surface area contributed by atoms with Crippen LogP contribution < -0.4 is 0 Å². The molecule has 0 bridgehead atoms. The molecule has 1 atom stereocenters. The second-order valence-corrected chi connectivity index (χ2v) is 4.98. The number of methoxy groups -OCH3 is 1. The molecule has 0 aromatic heterocycles. The van der Waals surface area contributed by atoms with Crippen molar-refractivity contribution in [2.75, 3.05) is 7.11 Å². The highest BCUT2D eigenvalue weighted by molar-refractivity contribution is 6.10. The van der Waals surface area contributed by atoms with Gasteiger partial charge < -0.3 is 4.74 Å². The van der Waals surface area contributed by atoms with E-state index < -0.39 is 0 Å². The van der Waals surface area contributed by atoms with E-state index in [4.69, 9.17) is 4.74 Å². The van der Waals surface area contributed by atoms with Crippen molar-refractivity contribution in [2.24, 2.45) is 0 Å². The van der Waals surface area contributed by atoms with Crippen molar-refractivity contribution >= 4 is 27.5 Å². The first-order chi connectivity index (χ1) is 9.72. The number of hydrogen-bond donors (Lipinski definition) is 0. The van der Waals surface area contributed by atoms with Crippen LogP contribution in [-0.4, -0.2) is 13.1 Å². The SMILES string of the molecule is COC(=O)[C@H](C)c1cccc2ccc3ccccc3c12. The molecule has 0 heterocycles. The van der Waals surface area contributed by atoms with Gasteiger partial charge in [-0.15, -0.1) is 0 Å². The summed E-state index contributed by atoms with van der Waals surface area (Å²) in [6, 6.07) is 18.5. The molecule has 0 aliphatic carbocycles. The molecular formula is C18H16O2. The Balaban J connectivity index is 2.37. The molecule has 2 nitrogen and oxygen atoms in total. The van der Waals surface area contributed by atoms with Gasteiger partial charge in [-0.3, -0.25) is 4.79 Å². The fourth-order valence-electron chi connectivity index (χ4n) is 2.75. The van der Waals surface area contributed by atoms with Gasteiger partial charge in [0.05, 0.1) is 13.0 Å². The van der Waals surface area contributed by atoms with Crippen LogP contribution in [0.1, 0.15) is 18.4 Å². The maximum atomic E-state index is 11.9. The molecule has 0 unspecified atom stereocenters. The van der Waals surface area contributed by atoms with Crippen LogP contribution in [0.4, 0.5) is 0 Å². The van der Waals surface area contributed by atoms with Crippen LogP contribution in [0.3, 0.4) is 0 Å². The standard InChI is InChI=1S/C18H16O2/c1-12(18(19)20-2)15-9-5-7-14-11-10-13-6-3-4-8-16(13)17(14)15/h3-12H,1-2H3/t12-/m1/s1. The Labute approximate surface area is 118 Å². The van der Waals surface area contributed by atoms with Crippen LogP contribution in [0.15, 0.2) is 54.6 Å². The molecule has 0 aliphatic heterocycles. The highest BCUT2D eigenvalue weighted by Gasteiger charge is 2.18. The summed E-state index contributed by atoms with van der Waals surface area (Å²) in [4.78, 5) is 11.9. The van der Waals surface area contributed by atoms with Gasteiger partial charge in [-0.1, -0.05) is 54.6 Å². The molecule has 3 aromatic rings. The predicted molar refractivity (Wildman–Crippen MR) is 81.9 cm³/mol. The topological polar surface area (TPSA) is 26.3 Å². The van der Waals surface area contributed by atoms with E-state index in [-0.39, 0.29) is 11.9 Å². The molecule has 0 saturated carbocycles. The first kappa shape index (κ1) is 12.7. The van der Waals surface area contributed by atoms with Crippen LogP contribution in [0.5, 0.6) is 0 Å². The number of carbonyl (C=O) groups excluding carboxylic acids is 1. The largest absolute Gasteiger partial charge is 0.469 e. The number of carbonyl (C=O) groups is 1. The summed E-state index contributed by atoms with van der Waals surface area (Å²) in [6.45, 7) is 1.89. The average molecular weight is 264 g/mol. The van der Waals surface area contributed by atoms with E-state index in [9.17, 15) is 4.79 Å². The summed E-state index contributed by atoms with van der Waals surface area (Å²) in [5.41, 5.74) is 1.02. The molecule has 3 aromatic carbocycles. The van der Waals surface area contributed by atoms with Gasteiger partial charge in [0.1, 0.15) is 0 Å². The van der Waals surface area contributed by atoms with Crippen LogP contribution in [0.2, 0.25) is 0 Å². The van der Waals surface area contributed by atoms with Gasteiger partial charge in [0.2, 0.25) is 0 Å². The second kappa shape index (κ2) is 4.97. The molecule has 0 aliphatic rings. The Morgan fingerprint density at radius 2 is 1.65 bits per heavy atom. The van der Waals surface area contributed by atoms with Crippen molar-refractivity contribution in [1.82, 2.24) is 0 Å². The molecule has 0 N–H and O–H groups in total. The van der Waals surface area contributed by atoms with Gasteiger partial charge in [-0.05, 0) is 34.0 Å². The third-order valence-electron chi connectivity index (χ3n) is 3.82. The zero-order valence-electron chi connectivity index (χ0n) is 11.6. The third-order valence-corrected chi connectivity index (χ3v) is 3.82. The lowest BCUT2D eigenvalue weighted by Gasteiger charge is -2.14. The Morgan fingerprint density at radius 1 is 0.950 bits per heavy atom. The zero-order chi connectivity index (χ0) is 14.1. The maximum Gasteiger partial charge on any atom is 0.312 e. The van der Waals surface area contributed by atoms with E-state index in [0.717, 1.165) is 16.3 Å². The zero-order valence-corrected chi connectivity index (χ0v) is 11.6. The summed E-state index contributed by atoms with van der Waals surface area (Å²) in [5, 5.41) is 4.65. The second-order valence-electron chi connectivity index (χ2n) is 4.98. The number of hydrogen-bond acceptors (Lipinski definition) is 2. The Morgan fingerprint density at radius 3 is 2.45 bits per heavy atom. The number of rotatable bonds is 2. The van der Waals surface area contributed by atoms with Gasteiger partial charge in [0.15, 0.2) is 0 Å². The van der Waals surface area contributed by atoms with E-state index >= 15 is 0 Å². The highest BCUT2D eigenvalue weighted by atomic mass is 16.5. The molecule has 2 heteroatoms. The van der Waals surface area contributed by atoms with Gasteiger partial charge >= 0.3 is 5.97 Å². The summed E-state index contributed by atoms with van der Waals surface area (Å²) in [7, 11) is 1.43. The monoisotopic (exact) mass is 264 g/mol. The minimum absolute atomic E-state index is 0.203. The van der Waals surface area contributed by atoms with E-state index in [1.165, 1.54) is 17.9 Å². The van der Waals surface area contributed by atoms with Crippen molar-refractivity contribution in [2.45, 2.75) is 12.8 Å². The normalized spacial score (nSPS) is 12.5. The summed E-state index contributed by atoms with van der Waals surface area (Å²) in [6.07, 6.45) is 0. The molecule has 100 valence electrons. The van der Waals surface area contributed by atoms with Gasteiger partial charge in [0.25, 0.3) is 0 Å². The summed E-state index contributed by atoms with van der Waals surface area (Å²) < 4.78 is 4.89. The van der Waals surface area contributed by atoms with Crippen molar-refractivity contribution in [3.63, 3.8) is 0 Å². The summed E-state index contributed by atoms with van der Waals surface area (Å²) >= 11 is 0. The highest BCUT2D eigenvalue weighted by Crippen LogP contribution is 2.32. The smallest absolute Gasteiger partial charge is 0.312 e. The maximum absolute atomic E-state index is 11.9. The van der Waals surface area contributed by atoms with Crippen LogP contribution >= 0.6 is 0 Å². The number of esters is 1. The van der Waals surface area contributed by atoms with Gasteiger partial charge in [0, 0.05) is 0 Å². The Hall–Kier alpha value is -2.35. The molecular weight excluding hydrogens is 248 g/mol. The average Bonchev–Trinajstić information content (AvgIpc) is 2.52. The third kappa shape index (κ3) is 1.94. The lowest BCUT2D eigenvalue weighted by atomic mass is 9.91. The van der Waals surface area contributed by atoms with Crippen molar-refractivity contribution < 1.29 is 9.53 Å². The molecule has 0 radical (unpaired) electrons. The molecule has 0 fully saturated rings. The van der Waals surface area contributed by atoms with Crippen LogP contribution in [-0.2, 0) is 9.53 Å². The van der Waals surface area contributed by atoms with E-state index in [1.54, 1.807) is 0 Å². The molecule has 0 amide bonds. The molecule has 0 saturated heterocycles. The molecule has 20 heavy (non-hydrogen) atoms. The first-order valence-corrected chi connectivity index (χ1v) is 6.70. The number of benzene rings is 3. The van der Waals surface area contributed by atoms with Crippen molar-refractivity contribution in [1.29, 1.82) is 0 Å². The Bertz CT molecular complexity index is 790. The van der Waals surface area contributed by atoms with Crippen LogP contribution in [0.25, 0.3) is 21.5 Å². The van der Waals surface area contributed by atoms with Crippen LogP contribution in [0, 0.1) is 0 Å². The van der Waals surface area contributed by atoms with Crippen molar-refractivity contribution in [3.05, 3.63) is 60.2 Å². The fraction of sp³-hybridized carbons (Fsp3) is 0.167. The number of ether oxygens (including phenoxy) is 1. The summed E-state index contributed by atoms with van der Waals surface area (Å²) in [5.74, 6) is -0.472. The fourth-order valence-corrected chi connectivity index (χ4v) is 2.75. The Kier molecular flexibility index (Phi) is 3.15. The minimum Gasteiger partial charge on any atom is -0.469 e. The molecule has 0 spiro atoms. The predicted octanol–water partition coefficient (Wildman–Crippen LogP) is 4.27. The van der Waals surface area contributed by atoms with E-state index in [1.807, 2.05) is 31.2 Å². The van der Waals surface area contributed by atoms with E-state index in [2.05, 4.69) is 30.3 Å². The number of fused-ring (bicyclic) bond motifs is 3. The van der Waals surface area contributed by atoms with Gasteiger partial charge in [-0.25, -0.2) is 0 Å². The van der Waals surface area contributed by atoms with Gasteiger partial charge in [-0.2, -0.15) is 0 Å². The lowest BCUT2D eigenvalue weighted by Crippen LogP contribution is -2.11. The quantitative estimate of drug-likeness (QED) is 0.510. The minimum atomic E-state index is -0.269. The lowest BCUT2D eigenvalue weighted by molar-refractivity contribution is -0.141. The van der Waals surface area contributed by atoms with Crippen molar-refractivity contribution in [3.8, 4) is 0 Å².